The third kappa shape index (κ3) is 10.8. The Balaban J connectivity index is 0. The standard InChI is InChI=1S/C20H38O7S.Ca/c1-3-5-7-9-11-13-15-17(18(21)22)20(19(23)24,28(25,26)27)16-14-12-10-8-6-4-2;/h17H,3-16H2,1-2H3,(H,21,22)(H,23,24)(H,25,26,27);/q;+2/p-2. The normalized spacial score (nSPS) is 14.6. The zero-order valence-electron chi connectivity index (χ0n) is 18.0. The third-order valence-corrected chi connectivity index (χ3v) is 6.98. The number of carbonyl (C=O) groups is 2. The first kappa shape index (κ1) is 31.3. The molecular weight excluding hydrogens is 424 g/mol. The quantitative estimate of drug-likeness (QED) is 0.187. The van der Waals surface area contributed by atoms with Crippen molar-refractivity contribution in [2.45, 2.75) is 108 Å². The molecule has 0 heterocycles. The summed E-state index contributed by atoms with van der Waals surface area (Å²) in [5.41, 5.74) is 0. The Bertz CT molecular complexity index is 565. The number of rotatable bonds is 18. The zero-order valence-corrected chi connectivity index (χ0v) is 21.0. The van der Waals surface area contributed by atoms with Crippen LogP contribution in [0.1, 0.15) is 104 Å². The molecule has 0 fully saturated rings. The van der Waals surface area contributed by atoms with Crippen LogP contribution < -0.4 is 10.2 Å². The minimum absolute atomic E-state index is 0. The maximum Gasteiger partial charge on any atom is 2.00 e. The molecular formula is C20H36CaO7S. The third-order valence-electron chi connectivity index (χ3n) is 5.40. The fourth-order valence-corrected chi connectivity index (χ4v) is 4.86. The first-order chi connectivity index (χ1) is 13.1. The smallest absolute Gasteiger partial charge is 0.550 e. The molecule has 0 rings (SSSR count). The summed E-state index contributed by atoms with van der Waals surface area (Å²) in [4.78, 5) is 23.5. The summed E-state index contributed by atoms with van der Waals surface area (Å²) >= 11 is 0. The van der Waals surface area contributed by atoms with E-state index in [1.54, 1.807) is 0 Å². The summed E-state index contributed by atoms with van der Waals surface area (Å²) in [6.45, 7) is 4.11. The van der Waals surface area contributed by atoms with Gasteiger partial charge in [0.05, 0.1) is 5.97 Å². The predicted octanol–water partition coefficient (Wildman–Crippen LogP) is 1.85. The number of hydrogen-bond donors (Lipinski definition) is 1. The molecule has 0 aromatic heterocycles. The number of aliphatic carboxylic acids is 2. The summed E-state index contributed by atoms with van der Waals surface area (Å²) in [5.74, 6) is -5.68. The molecule has 9 heteroatoms. The van der Waals surface area contributed by atoms with Crippen LogP contribution in [-0.4, -0.2) is 67.4 Å². The van der Waals surface area contributed by atoms with Gasteiger partial charge in [0.2, 0.25) is 0 Å². The summed E-state index contributed by atoms with van der Waals surface area (Å²) in [5, 5.41) is 23.5. The van der Waals surface area contributed by atoms with Gasteiger partial charge >= 0.3 is 37.7 Å². The average Bonchev–Trinajstić information content (AvgIpc) is 2.60. The molecule has 0 amide bonds. The van der Waals surface area contributed by atoms with Crippen molar-refractivity contribution < 1.29 is 32.8 Å². The molecule has 0 bridgehead atoms. The molecule has 166 valence electrons. The largest absolute Gasteiger partial charge is 2.00 e. The van der Waals surface area contributed by atoms with Crippen LogP contribution in [0.4, 0.5) is 0 Å². The van der Waals surface area contributed by atoms with Crippen molar-refractivity contribution in [3.05, 3.63) is 0 Å². The van der Waals surface area contributed by atoms with E-state index in [0.29, 0.717) is 19.3 Å². The molecule has 0 aliphatic carbocycles. The first-order valence-electron chi connectivity index (χ1n) is 10.5. The SMILES string of the molecule is CCCCCCCCC(C(=O)[O-])C(CCCCCCCC)(C(=O)[O-])S(=O)(=O)O.[Ca+2]. The molecule has 7 nitrogen and oxygen atoms in total. The number of carboxylic acid groups (broad SMARTS) is 2. The fraction of sp³-hybridized carbons (Fsp3) is 0.900. The molecule has 0 aliphatic rings. The van der Waals surface area contributed by atoms with Gasteiger partial charge in [0, 0.05) is 11.9 Å². The van der Waals surface area contributed by atoms with E-state index in [1.807, 2.05) is 6.92 Å². The minimum Gasteiger partial charge on any atom is -0.550 e. The predicted molar refractivity (Wildman–Crippen MR) is 110 cm³/mol. The van der Waals surface area contributed by atoms with Gasteiger partial charge in [-0.1, -0.05) is 90.9 Å². The van der Waals surface area contributed by atoms with Gasteiger partial charge in [0.15, 0.2) is 0 Å². The van der Waals surface area contributed by atoms with Crippen LogP contribution in [0.5, 0.6) is 0 Å². The monoisotopic (exact) mass is 460 g/mol. The van der Waals surface area contributed by atoms with Gasteiger partial charge in [-0.15, -0.1) is 0 Å². The van der Waals surface area contributed by atoms with E-state index in [-0.39, 0.29) is 50.6 Å². The van der Waals surface area contributed by atoms with Gasteiger partial charge in [-0.2, -0.15) is 8.42 Å². The summed E-state index contributed by atoms with van der Waals surface area (Å²) in [6.07, 6.45) is 8.78. The second-order valence-corrected chi connectivity index (χ2v) is 9.28. The van der Waals surface area contributed by atoms with Crippen molar-refractivity contribution in [1.82, 2.24) is 0 Å². The van der Waals surface area contributed by atoms with Gasteiger partial charge in [0.25, 0.3) is 10.1 Å². The fourth-order valence-electron chi connectivity index (χ4n) is 3.67. The molecule has 2 unspecified atom stereocenters. The average molecular weight is 461 g/mol. The van der Waals surface area contributed by atoms with Crippen molar-refractivity contribution in [1.29, 1.82) is 0 Å². The van der Waals surface area contributed by atoms with Crippen molar-refractivity contribution in [2.24, 2.45) is 5.92 Å². The number of unbranched alkanes of at least 4 members (excludes halogenated alkanes) is 10. The molecule has 29 heavy (non-hydrogen) atoms. The second-order valence-electron chi connectivity index (χ2n) is 7.60. The van der Waals surface area contributed by atoms with Crippen LogP contribution in [0.25, 0.3) is 0 Å². The van der Waals surface area contributed by atoms with E-state index in [1.165, 1.54) is 0 Å². The Morgan fingerprint density at radius 1 is 0.828 bits per heavy atom. The number of hydrogen-bond acceptors (Lipinski definition) is 6. The molecule has 0 aromatic rings. The van der Waals surface area contributed by atoms with Crippen LogP contribution in [0.3, 0.4) is 0 Å². The van der Waals surface area contributed by atoms with E-state index in [2.05, 4.69) is 6.92 Å². The van der Waals surface area contributed by atoms with Crippen molar-refractivity contribution in [2.75, 3.05) is 0 Å². The van der Waals surface area contributed by atoms with E-state index in [4.69, 9.17) is 0 Å². The molecule has 0 aliphatic heterocycles. The van der Waals surface area contributed by atoms with Crippen LogP contribution in [-0.2, 0) is 19.7 Å². The Kier molecular flexibility index (Phi) is 18.1. The molecule has 0 saturated heterocycles. The number of carbonyl (C=O) groups excluding carboxylic acids is 2. The van der Waals surface area contributed by atoms with Crippen LogP contribution in [0.2, 0.25) is 0 Å². The van der Waals surface area contributed by atoms with Gasteiger partial charge in [-0.25, -0.2) is 0 Å². The Hall–Kier alpha value is 0.110. The van der Waals surface area contributed by atoms with Crippen LogP contribution in [0.15, 0.2) is 0 Å². The van der Waals surface area contributed by atoms with Gasteiger partial charge in [0.1, 0.15) is 4.75 Å². The first-order valence-corrected chi connectivity index (χ1v) is 12.0. The Labute approximate surface area is 205 Å². The minimum atomic E-state index is -5.20. The van der Waals surface area contributed by atoms with Gasteiger partial charge < -0.3 is 19.8 Å². The zero-order chi connectivity index (χ0) is 21.6. The van der Waals surface area contributed by atoms with Crippen LogP contribution >= 0.6 is 0 Å². The molecule has 2 atom stereocenters. The van der Waals surface area contributed by atoms with Crippen molar-refractivity contribution in [3.63, 3.8) is 0 Å². The second kappa shape index (κ2) is 16.8. The maximum atomic E-state index is 12.0. The van der Waals surface area contributed by atoms with Crippen LogP contribution in [0, 0.1) is 5.92 Å². The summed E-state index contributed by atoms with van der Waals surface area (Å²) < 4.78 is 30.9. The number of carboxylic acids is 2. The Morgan fingerprint density at radius 3 is 1.62 bits per heavy atom. The van der Waals surface area contributed by atoms with Crippen molar-refractivity contribution in [3.8, 4) is 0 Å². The van der Waals surface area contributed by atoms with E-state index >= 15 is 0 Å². The maximum absolute atomic E-state index is 12.0. The van der Waals surface area contributed by atoms with E-state index < -0.39 is 39.1 Å². The summed E-state index contributed by atoms with van der Waals surface area (Å²) in [6, 6.07) is 0. The topological polar surface area (TPSA) is 135 Å². The molecule has 0 saturated carbocycles. The van der Waals surface area contributed by atoms with Crippen molar-refractivity contribution >= 4 is 59.8 Å². The Morgan fingerprint density at radius 2 is 1.24 bits per heavy atom. The van der Waals surface area contributed by atoms with E-state index in [0.717, 1.165) is 51.4 Å². The van der Waals surface area contributed by atoms with Gasteiger partial charge in [-0.05, 0) is 12.8 Å². The summed E-state index contributed by atoms with van der Waals surface area (Å²) in [7, 11) is -5.20. The molecule has 0 radical (unpaired) electrons. The molecule has 1 N–H and O–H groups in total. The van der Waals surface area contributed by atoms with Gasteiger partial charge in [-0.3, -0.25) is 4.55 Å². The molecule has 0 aromatic carbocycles. The molecule has 0 spiro atoms. The van der Waals surface area contributed by atoms with E-state index in [9.17, 15) is 32.8 Å².